The molecule has 1 N–H and O–H groups in total. The van der Waals surface area contributed by atoms with E-state index in [4.69, 9.17) is 4.74 Å². The van der Waals surface area contributed by atoms with Gasteiger partial charge in [0.25, 0.3) is 5.91 Å². The number of carbonyl (C=O) groups is 1. The molecule has 0 bridgehead atoms. The molecular weight excluding hydrogens is 404 g/mol. The van der Waals surface area contributed by atoms with Gasteiger partial charge in [-0.25, -0.2) is 0 Å². The second kappa shape index (κ2) is 7.16. The smallest absolute Gasteiger partial charge is 0.380 e. The van der Waals surface area contributed by atoms with Gasteiger partial charge in [0.2, 0.25) is 0 Å². The van der Waals surface area contributed by atoms with Crippen LogP contribution in [0.1, 0.15) is 43.4 Å². The molecule has 10 heteroatoms. The molecule has 162 valence electrons. The van der Waals surface area contributed by atoms with Crippen LogP contribution in [0, 0.1) is 5.92 Å². The lowest BCUT2D eigenvalue weighted by Gasteiger charge is -2.39. The maximum absolute atomic E-state index is 13.0. The highest BCUT2D eigenvalue weighted by Gasteiger charge is 2.50. The number of piperidine rings is 1. The van der Waals surface area contributed by atoms with Crippen molar-refractivity contribution in [1.29, 1.82) is 0 Å². The lowest BCUT2D eigenvalue weighted by atomic mass is 9.86. The van der Waals surface area contributed by atoms with Crippen molar-refractivity contribution < 1.29 is 41.0 Å². The average molecular weight is 425 g/mol. The van der Waals surface area contributed by atoms with E-state index >= 15 is 0 Å². The van der Waals surface area contributed by atoms with Gasteiger partial charge in [-0.3, -0.25) is 4.79 Å². The molecule has 4 nitrogen and oxygen atoms in total. The second-order valence-electron chi connectivity index (χ2n) is 7.96. The van der Waals surface area contributed by atoms with Crippen LogP contribution in [0.25, 0.3) is 0 Å². The number of fused-ring (bicyclic) bond motifs is 1. The topological polar surface area (TPSA) is 49.8 Å². The molecule has 29 heavy (non-hydrogen) atoms. The number of aliphatic hydroxyl groups is 1. The summed E-state index contributed by atoms with van der Waals surface area (Å²) in [7, 11) is 0. The predicted octanol–water partition coefficient (Wildman–Crippen LogP) is 4.00. The van der Waals surface area contributed by atoms with E-state index in [1.54, 1.807) is 0 Å². The van der Waals surface area contributed by atoms with Crippen molar-refractivity contribution >= 4 is 5.91 Å². The van der Waals surface area contributed by atoms with E-state index in [1.807, 2.05) is 6.92 Å². The second-order valence-corrected chi connectivity index (χ2v) is 7.96. The normalized spacial score (nSPS) is 30.6. The quantitative estimate of drug-likeness (QED) is 0.745. The van der Waals surface area contributed by atoms with Gasteiger partial charge < -0.3 is 14.7 Å². The zero-order valence-electron chi connectivity index (χ0n) is 15.8. The molecule has 1 amide bonds. The molecule has 2 heterocycles. The van der Waals surface area contributed by atoms with Crippen LogP contribution >= 0.6 is 0 Å². The molecule has 2 fully saturated rings. The third kappa shape index (κ3) is 4.37. The minimum Gasteiger partial charge on any atom is -0.380 e. The van der Waals surface area contributed by atoms with Crippen molar-refractivity contribution in [1.82, 2.24) is 4.90 Å². The fourth-order valence-electron chi connectivity index (χ4n) is 4.04. The molecule has 0 aromatic heterocycles. The van der Waals surface area contributed by atoms with E-state index < -0.39 is 47.7 Å². The first kappa shape index (κ1) is 21.9. The van der Waals surface area contributed by atoms with E-state index in [1.165, 1.54) is 11.8 Å². The van der Waals surface area contributed by atoms with E-state index in [9.17, 15) is 36.2 Å². The van der Waals surface area contributed by atoms with E-state index in [0.717, 1.165) is 0 Å². The summed E-state index contributed by atoms with van der Waals surface area (Å²) in [6.07, 6.45) is -9.57. The number of ether oxygens (including phenoxy) is 1. The molecule has 2 saturated heterocycles. The number of rotatable bonds is 3. The van der Waals surface area contributed by atoms with Crippen LogP contribution in [0.3, 0.4) is 0 Å². The summed E-state index contributed by atoms with van der Waals surface area (Å²) in [4.78, 5) is 13.9. The van der Waals surface area contributed by atoms with Gasteiger partial charge in [-0.2, -0.15) is 26.3 Å². The molecule has 0 aliphatic carbocycles. The first-order chi connectivity index (χ1) is 13.2. The Bertz CT molecular complexity index is 757. The third-order valence-corrected chi connectivity index (χ3v) is 5.73. The first-order valence-corrected chi connectivity index (χ1v) is 9.13. The third-order valence-electron chi connectivity index (χ3n) is 5.73. The number of benzene rings is 1. The highest BCUT2D eigenvalue weighted by atomic mass is 19.4. The van der Waals surface area contributed by atoms with Gasteiger partial charge in [-0.1, -0.05) is 6.92 Å². The fraction of sp³-hybridized carbons (Fsp3) is 0.632. The Morgan fingerprint density at radius 2 is 1.69 bits per heavy atom. The number of hydrogen-bond acceptors (Lipinski definition) is 3. The number of hydrogen-bond donors (Lipinski definition) is 1. The largest absolute Gasteiger partial charge is 0.416 e. The maximum Gasteiger partial charge on any atom is 0.416 e. The van der Waals surface area contributed by atoms with Crippen LogP contribution in [0.2, 0.25) is 0 Å². The Morgan fingerprint density at radius 1 is 1.14 bits per heavy atom. The average Bonchev–Trinajstić information content (AvgIpc) is 2.91. The van der Waals surface area contributed by atoms with Crippen molar-refractivity contribution in [2.24, 2.45) is 5.92 Å². The van der Waals surface area contributed by atoms with Crippen molar-refractivity contribution in [3.63, 3.8) is 0 Å². The van der Waals surface area contributed by atoms with Crippen LogP contribution in [0.4, 0.5) is 26.3 Å². The minimum absolute atomic E-state index is 0.0721. The number of nitrogens with zero attached hydrogens (tertiary/aromatic N) is 1. The Balaban J connectivity index is 1.77. The Hall–Kier alpha value is -1.81. The zero-order valence-corrected chi connectivity index (χ0v) is 15.8. The van der Waals surface area contributed by atoms with Crippen LogP contribution < -0.4 is 0 Å². The zero-order chi connectivity index (χ0) is 21.8. The fourth-order valence-corrected chi connectivity index (χ4v) is 4.04. The SMILES string of the molecule is CC1C(OCc2cc(C(F)(F)F)cc(C(F)(F)F)c2)CN2C(=O)C(C)(O)CCC12. The minimum atomic E-state index is -4.92. The van der Waals surface area contributed by atoms with Crippen molar-refractivity contribution in [2.75, 3.05) is 6.54 Å². The maximum atomic E-state index is 13.0. The molecule has 1 aromatic rings. The highest BCUT2D eigenvalue weighted by Crippen LogP contribution is 2.39. The van der Waals surface area contributed by atoms with Crippen LogP contribution in [-0.2, 0) is 28.5 Å². The molecule has 0 radical (unpaired) electrons. The van der Waals surface area contributed by atoms with Gasteiger partial charge in [0.15, 0.2) is 0 Å². The van der Waals surface area contributed by atoms with Gasteiger partial charge in [0.05, 0.1) is 23.8 Å². The van der Waals surface area contributed by atoms with Gasteiger partial charge in [0.1, 0.15) is 5.60 Å². The lowest BCUT2D eigenvalue weighted by Crippen LogP contribution is -2.54. The lowest BCUT2D eigenvalue weighted by molar-refractivity contribution is -0.157. The van der Waals surface area contributed by atoms with Crippen molar-refractivity contribution in [3.8, 4) is 0 Å². The van der Waals surface area contributed by atoms with Gasteiger partial charge in [-0.05, 0) is 43.5 Å². The van der Waals surface area contributed by atoms with Crippen molar-refractivity contribution in [3.05, 3.63) is 34.9 Å². The molecule has 3 rings (SSSR count). The summed E-state index contributed by atoms with van der Waals surface area (Å²) < 4.78 is 83.5. The summed E-state index contributed by atoms with van der Waals surface area (Å²) >= 11 is 0. The van der Waals surface area contributed by atoms with Crippen molar-refractivity contribution in [2.45, 2.75) is 63.4 Å². The molecule has 4 atom stereocenters. The Kier molecular flexibility index (Phi) is 5.40. The van der Waals surface area contributed by atoms with Gasteiger partial charge in [-0.15, -0.1) is 0 Å². The number of carbonyl (C=O) groups excluding carboxylic acids is 1. The standard InChI is InChI=1S/C19H21F6NO3/c1-10-14-3-4-17(2,28)16(27)26(14)8-15(10)29-9-11-5-12(18(20,21)22)7-13(6-11)19(23,24)25/h5-7,10,14-15,28H,3-4,8-9H2,1-2H3. The molecule has 1 aromatic carbocycles. The first-order valence-electron chi connectivity index (χ1n) is 9.13. The molecule has 0 spiro atoms. The summed E-state index contributed by atoms with van der Waals surface area (Å²) in [5.41, 5.74) is -4.51. The molecule has 2 aliphatic rings. The highest BCUT2D eigenvalue weighted by molar-refractivity contribution is 5.86. The van der Waals surface area contributed by atoms with Gasteiger partial charge >= 0.3 is 12.4 Å². The summed E-state index contributed by atoms with van der Waals surface area (Å²) in [6, 6.07) is 1.17. The molecular formula is C19H21F6NO3. The molecule has 2 aliphatic heterocycles. The molecule has 0 saturated carbocycles. The number of alkyl halides is 6. The summed E-state index contributed by atoms with van der Waals surface area (Å²) in [5.74, 6) is -0.604. The Morgan fingerprint density at radius 3 is 2.21 bits per heavy atom. The van der Waals surface area contributed by atoms with Crippen LogP contribution in [-0.4, -0.2) is 40.2 Å². The molecule has 4 unspecified atom stereocenters. The van der Waals surface area contributed by atoms with E-state index in [2.05, 4.69) is 0 Å². The monoisotopic (exact) mass is 425 g/mol. The number of amides is 1. The van der Waals surface area contributed by atoms with Gasteiger partial charge in [0, 0.05) is 18.5 Å². The van der Waals surface area contributed by atoms with E-state index in [0.29, 0.717) is 18.6 Å². The van der Waals surface area contributed by atoms with E-state index in [-0.39, 0.29) is 36.6 Å². The predicted molar refractivity (Wildman–Crippen MR) is 89.5 cm³/mol. The Labute approximate surface area is 163 Å². The number of halogens is 6. The van der Waals surface area contributed by atoms with Crippen LogP contribution in [0.5, 0.6) is 0 Å². The summed E-state index contributed by atoms with van der Waals surface area (Å²) in [5, 5.41) is 10.1. The summed E-state index contributed by atoms with van der Waals surface area (Å²) in [6.45, 7) is 2.92. The van der Waals surface area contributed by atoms with Crippen LogP contribution in [0.15, 0.2) is 18.2 Å².